The highest BCUT2D eigenvalue weighted by Gasteiger charge is 2.12. The Balaban J connectivity index is 2.18. The van der Waals surface area contributed by atoms with Crippen LogP contribution < -0.4 is 11.1 Å². The molecule has 1 amide bonds. The average Bonchev–Trinajstić information content (AvgIpc) is 2.94. The van der Waals surface area contributed by atoms with Crippen LogP contribution in [0.15, 0.2) is 18.3 Å². The van der Waals surface area contributed by atoms with Crippen molar-refractivity contribution < 1.29 is 4.79 Å². The number of aromatic nitrogens is 2. The Morgan fingerprint density at radius 2 is 2.42 bits per heavy atom. The molecule has 0 aliphatic heterocycles. The molecule has 2 heterocycles. The lowest BCUT2D eigenvalue weighted by Crippen LogP contribution is -2.13. The van der Waals surface area contributed by atoms with Crippen molar-refractivity contribution in [3.63, 3.8) is 0 Å². The molecule has 2 aromatic heterocycles. The maximum absolute atomic E-state index is 12.1. The molecule has 0 spiro atoms. The highest BCUT2D eigenvalue weighted by Crippen LogP contribution is 2.22. The third-order valence-corrected chi connectivity index (χ3v) is 3.66. The second-order valence-corrected chi connectivity index (χ2v) is 4.98. The Kier molecular flexibility index (Phi) is 4.00. The van der Waals surface area contributed by atoms with Crippen LogP contribution in [-0.4, -0.2) is 22.2 Å². The van der Waals surface area contributed by atoms with E-state index in [0.717, 1.165) is 10.4 Å². The normalized spacial score (nSPS) is 9.84. The van der Waals surface area contributed by atoms with Crippen LogP contribution in [0.3, 0.4) is 0 Å². The number of amides is 1. The van der Waals surface area contributed by atoms with Gasteiger partial charge in [-0.2, -0.15) is 5.10 Å². The van der Waals surface area contributed by atoms with Gasteiger partial charge in [-0.05, 0) is 18.6 Å². The summed E-state index contributed by atoms with van der Waals surface area (Å²) in [4.78, 5) is 13.6. The van der Waals surface area contributed by atoms with Gasteiger partial charge in [0.2, 0.25) is 0 Å². The van der Waals surface area contributed by atoms with E-state index < -0.39 is 0 Å². The maximum Gasteiger partial charge on any atom is 0.266 e. The van der Waals surface area contributed by atoms with Crippen LogP contribution >= 0.6 is 11.3 Å². The first-order valence-corrected chi connectivity index (χ1v) is 6.52. The molecular formula is C13H14N4OS. The van der Waals surface area contributed by atoms with Gasteiger partial charge in [0, 0.05) is 13.1 Å². The number of nitrogens with two attached hydrogens (primary N) is 1. The zero-order valence-corrected chi connectivity index (χ0v) is 11.5. The molecule has 0 fully saturated rings. The maximum atomic E-state index is 12.1. The Labute approximate surface area is 115 Å². The number of hydrogen-bond acceptors (Lipinski definition) is 4. The van der Waals surface area contributed by atoms with Gasteiger partial charge in [-0.3, -0.25) is 9.48 Å². The summed E-state index contributed by atoms with van der Waals surface area (Å²) in [5.74, 6) is 6.26. The Hall–Kier alpha value is -2.10. The molecule has 0 radical (unpaired) electrons. The number of thiophene rings is 1. The van der Waals surface area contributed by atoms with Crippen LogP contribution in [0.1, 0.15) is 20.1 Å². The van der Waals surface area contributed by atoms with Crippen LogP contribution in [0.5, 0.6) is 0 Å². The van der Waals surface area contributed by atoms with Crippen molar-refractivity contribution in [3.05, 3.63) is 33.6 Å². The number of carbonyl (C=O) groups excluding carboxylic acids is 1. The minimum atomic E-state index is -0.155. The fourth-order valence-electron chi connectivity index (χ4n) is 1.52. The van der Waals surface area contributed by atoms with E-state index in [1.165, 1.54) is 11.3 Å². The van der Waals surface area contributed by atoms with Gasteiger partial charge in [0.05, 0.1) is 22.5 Å². The molecule has 0 saturated carbocycles. The van der Waals surface area contributed by atoms with Crippen molar-refractivity contribution in [2.75, 3.05) is 11.9 Å². The van der Waals surface area contributed by atoms with Crippen molar-refractivity contribution in [2.45, 2.75) is 6.92 Å². The van der Waals surface area contributed by atoms with Crippen LogP contribution in [0.4, 0.5) is 5.82 Å². The highest BCUT2D eigenvalue weighted by atomic mass is 32.1. The molecule has 5 nitrogen and oxygen atoms in total. The molecule has 98 valence electrons. The van der Waals surface area contributed by atoms with Gasteiger partial charge in [0.15, 0.2) is 0 Å². The van der Waals surface area contributed by atoms with Crippen molar-refractivity contribution >= 4 is 23.1 Å². The van der Waals surface area contributed by atoms with Crippen LogP contribution in [0, 0.1) is 18.8 Å². The zero-order valence-electron chi connectivity index (χ0n) is 10.7. The van der Waals surface area contributed by atoms with E-state index in [4.69, 9.17) is 5.73 Å². The molecule has 0 aliphatic carbocycles. The Morgan fingerprint density at radius 3 is 3.05 bits per heavy atom. The summed E-state index contributed by atoms with van der Waals surface area (Å²) in [5, 5.41) is 6.80. The summed E-state index contributed by atoms with van der Waals surface area (Å²) in [6.07, 6.45) is 1.63. The van der Waals surface area contributed by atoms with E-state index in [1.807, 2.05) is 13.0 Å². The predicted molar refractivity (Wildman–Crippen MR) is 76.1 cm³/mol. The SMILES string of the molecule is Cc1cc(C(=O)Nc2ccnn2C)sc1C#CCN. The number of hydrogen-bond donors (Lipinski definition) is 2. The second-order valence-electron chi connectivity index (χ2n) is 3.92. The number of rotatable bonds is 2. The van der Waals surface area contributed by atoms with Crippen molar-refractivity contribution in [3.8, 4) is 11.8 Å². The lowest BCUT2D eigenvalue weighted by Gasteiger charge is -2.02. The smallest absolute Gasteiger partial charge is 0.266 e. The molecular weight excluding hydrogens is 260 g/mol. The topological polar surface area (TPSA) is 72.9 Å². The predicted octanol–water partition coefficient (Wildman–Crippen LogP) is 1.35. The third-order valence-electron chi connectivity index (χ3n) is 2.51. The van der Waals surface area contributed by atoms with Crippen molar-refractivity contribution in [1.29, 1.82) is 0 Å². The fraction of sp³-hybridized carbons (Fsp3) is 0.231. The molecule has 19 heavy (non-hydrogen) atoms. The number of nitrogens with one attached hydrogen (secondary N) is 1. The van der Waals surface area contributed by atoms with Gasteiger partial charge in [0.1, 0.15) is 5.82 Å². The lowest BCUT2D eigenvalue weighted by molar-refractivity contribution is 0.102. The van der Waals surface area contributed by atoms with Gasteiger partial charge in [-0.25, -0.2) is 0 Å². The molecule has 0 aliphatic rings. The second kappa shape index (κ2) is 5.69. The molecule has 0 saturated heterocycles. The monoisotopic (exact) mass is 274 g/mol. The summed E-state index contributed by atoms with van der Waals surface area (Å²) in [7, 11) is 1.77. The molecule has 0 unspecified atom stereocenters. The zero-order chi connectivity index (χ0) is 13.8. The standard InChI is InChI=1S/C13H14N4OS/c1-9-8-11(19-10(9)4-3-6-14)13(18)16-12-5-7-15-17(12)2/h5,7-8H,6,14H2,1-2H3,(H,16,18). The molecule has 6 heteroatoms. The number of anilines is 1. The van der Waals surface area contributed by atoms with Crippen LogP contribution in [0.25, 0.3) is 0 Å². The summed E-state index contributed by atoms with van der Waals surface area (Å²) in [6.45, 7) is 2.24. The average molecular weight is 274 g/mol. The van der Waals surface area contributed by atoms with E-state index >= 15 is 0 Å². The first-order chi connectivity index (χ1) is 9.11. The molecule has 0 atom stereocenters. The van der Waals surface area contributed by atoms with Crippen molar-refractivity contribution in [1.82, 2.24) is 9.78 Å². The lowest BCUT2D eigenvalue weighted by atomic mass is 10.2. The Morgan fingerprint density at radius 1 is 1.63 bits per heavy atom. The third kappa shape index (κ3) is 3.02. The quantitative estimate of drug-likeness (QED) is 0.812. The van der Waals surface area contributed by atoms with Gasteiger partial charge in [0.25, 0.3) is 5.91 Å². The van der Waals surface area contributed by atoms with Gasteiger partial charge >= 0.3 is 0 Å². The van der Waals surface area contributed by atoms with E-state index in [0.29, 0.717) is 17.2 Å². The first kappa shape index (κ1) is 13.3. The van der Waals surface area contributed by atoms with Gasteiger partial charge < -0.3 is 11.1 Å². The molecule has 0 bridgehead atoms. The van der Waals surface area contributed by atoms with E-state index in [2.05, 4.69) is 22.3 Å². The largest absolute Gasteiger partial charge is 0.320 e. The summed E-state index contributed by atoms with van der Waals surface area (Å²) < 4.78 is 1.60. The van der Waals surface area contributed by atoms with E-state index in [-0.39, 0.29) is 5.91 Å². The molecule has 3 N–H and O–H groups in total. The summed E-state index contributed by atoms with van der Waals surface area (Å²) in [6, 6.07) is 3.57. The van der Waals surface area contributed by atoms with E-state index in [1.54, 1.807) is 24.0 Å². The van der Waals surface area contributed by atoms with Crippen LogP contribution in [-0.2, 0) is 7.05 Å². The highest BCUT2D eigenvalue weighted by molar-refractivity contribution is 7.14. The Bertz CT molecular complexity index is 660. The molecule has 2 rings (SSSR count). The van der Waals surface area contributed by atoms with Gasteiger partial charge in [-0.1, -0.05) is 11.8 Å². The molecule has 0 aromatic carbocycles. The van der Waals surface area contributed by atoms with E-state index in [9.17, 15) is 4.79 Å². The summed E-state index contributed by atoms with van der Waals surface area (Å²) in [5.41, 5.74) is 6.33. The summed E-state index contributed by atoms with van der Waals surface area (Å²) >= 11 is 1.36. The molecule has 2 aromatic rings. The van der Waals surface area contributed by atoms with Crippen molar-refractivity contribution in [2.24, 2.45) is 12.8 Å². The minimum absolute atomic E-state index is 0.155. The fourth-order valence-corrected chi connectivity index (χ4v) is 2.47. The first-order valence-electron chi connectivity index (χ1n) is 5.70. The van der Waals surface area contributed by atoms with Crippen LogP contribution in [0.2, 0.25) is 0 Å². The minimum Gasteiger partial charge on any atom is -0.320 e. The number of carbonyl (C=O) groups is 1. The number of nitrogens with zero attached hydrogens (tertiary/aromatic N) is 2. The number of aryl methyl sites for hydroxylation is 2. The van der Waals surface area contributed by atoms with Gasteiger partial charge in [-0.15, -0.1) is 11.3 Å².